The molecule has 0 saturated carbocycles. The molecule has 0 radical (unpaired) electrons. The van der Waals surface area contributed by atoms with Gasteiger partial charge >= 0.3 is 0 Å². The summed E-state index contributed by atoms with van der Waals surface area (Å²) in [5.74, 6) is -0.0566. The molecule has 0 fully saturated rings. The molecule has 0 aliphatic rings. The molecule has 0 bridgehead atoms. The molecule has 0 unspecified atom stereocenters. The third-order valence-corrected chi connectivity index (χ3v) is 5.15. The Hall–Kier alpha value is -2.58. The van der Waals surface area contributed by atoms with Crippen molar-refractivity contribution in [3.63, 3.8) is 0 Å². The van der Waals surface area contributed by atoms with E-state index in [0.717, 1.165) is 5.56 Å². The van der Waals surface area contributed by atoms with Crippen LogP contribution in [0.15, 0.2) is 51.8 Å². The van der Waals surface area contributed by atoms with Gasteiger partial charge < -0.3 is 4.42 Å². The number of sulfonamides is 1. The van der Waals surface area contributed by atoms with Gasteiger partial charge in [-0.05, 0) is 55.3 Å². The van der Waals surface area contributed by atoms with Gasteiger partial charge in [-0.25, -0.2) is 17.5 Å². The molecule has 8 heteroatoms. The smallest absolute Gasteiger partial charge is 0.247 e. The summed E-state index contributed by atoms with van der Waals surface area (Å²) in [7, 11) is -3.70. The average molecular weight is 361 g/mol. The fourth-order valence-corrected chi connectivity index (χ4v) is 3.57. The van der Waals surface area contributed by atoms with Gasteiger partial charge in [0.05, 0.1) is 11.4 Å². The van der Waals surface area contributed by atoms with Gasteiger partial charge in [0.2, 0.25) is 21.8 Å². The molecule has 3 rings (SSSR count). The van der Waals surface area contributed by atoms with Crippen LogP contribution in [-0.4, -0.2) is 18.6 Å². The molecule has 25 heavy (non-hydrogen) atoms. The van der Waals surface area contributed by atoms with Crippen LogP contribution in [0.1, 0.15) is 17.0 Å². The maximum absolute atomic E-state index is 12.9. The van der Waals surface area contributed by atoms with Crippen LogP contribution < -0.4 is 4.72 Å². The molecule has 1 aromatic heterocycles. The molecule has 0 saturated heterocycles. The molecule has 0 aliphatic heterocycles. The van der Waals surface area contributed by atoms with Gasteiger partial charge in [-0.15, -0.1) is 10.2 Å². The van der Waals surface area contributed by atoms with E-state index in [9.17, 15) is 12.8 Å². The van der Waals surface area contributed by atoms with Crippen LogP contribution in [0.2, 0.25) is 0 Å². The maximum Gasteiger partial charge on any atom is 0.247 e. The van der Waals surface area contributed by atoms with E-state index in [1.165, 1.54) is 24.3 Å². The van der Waals surface area contributed by atoms with Crippen molar-refractivity contribution >= 4 is 10.0 Å². The number of hydrogen-bond acceptors (Lipinski definition) is 5. The molecule has 0 atom stereocenters. The Morgan fingerprint density at radius 3 is 2.52 bits per heavy atom. The molecule has 0 spiro atoms. The molecule has 0 amide bonds. The lowest BCUT2D eigenvalue weighted by Gasteiger charge is -2.08. The van der Waals surface area contributed by atoms with E-state index in [1.807, 2.05) is 13.0 Å². The monoisotopic (exact) mass is 361 g/mol. The van der Waals surface area contributed by atoms with Crippen molar-refractivity contribution in [1.82, 2.24) is 14.9 Å². The first kappa shape index (κ1) is 17.2. The summed E-state index contributed by atoms with van der Waals surface area (Å²) in [5.41, 5.74) is 2.05. The molecule has 2 aromatic carbocycles. The van der Waals surface area contributed by atoms with Crippen molar-refractivity contribution in [2.24, 2.45) is 0 Å². The summed E-state index contributed by atoms with van der Waals surface area (Å²) in [6.45, 7) is 3.42. The van der Waals surface area contributed by atoms with E-state index in [0.29, 0.717) is 11.1 Å². The second kappa shape index (κ2) is 6.73. The first-order chi connectivity index (χ1) is 11.8. The lowest BCUT2D eigenvalue weighted by Crippen LogP contribution is -2.24. The van der Waals surface area contributed by atoms with Crippen molar-refractivity contribution < 1.29 is 17.2 Å². The number of nitrogens with zero attached hydrogens (tertiary/aromatic N) is 2. The van der Waals surface area contributed by atoms with Gasteiger partial charge in [-0.1, -0.05) is 12.1 Å². The summed E-state index contributed by atoms with van der Waals surface area (Å²) in [6.07, 6.45) is 0. The first-order valence-corrected chi connectivity index (χ1v) is 8.99. The number of nitrogens with one attached hydrogen (secondary N) is 1. The zero-order valence-electron chi connectivity index (χ0n) is 13.7. The minimum atomic E-state index is -3.70. The molecule has 1 N–H and O–H groups in total. The van der Waals surface area contributed by atoms with Gasteiger partial charge in [0.1, 0.15) is 5.82 Å². The third kappa shape index (κ3) is 3.92. The highest BCUT2D eigenvalue weighted by Gasteiger charge is 2.18. The molecule has 130 valence electrons. The van der Waals surface area contributed by atoms with Crippen LogP contribution in [0.4, 0.5) is 4.39 Å². The van der Waals surface area contributed by atoms with Crippen molar-refractivity contribution in [2.75, 3.05) is 0 Å². The predicted octanol–water partition coefficient (Wildman–Crippen LogP) is 2.97. The lowest BCUT2D eigenvalue weighted by atomic mass is 10.2. The summed E-state index contributed by atoms with van der Waals surface area (Å²) < 4.78 is 45.7. The van der Waals surface area contributed by atoms with Crippen LogP contribution in [-0.2, 0) is 16.6 Å². The topological polar surface area (TPSA) is 85.1 Å². The quantitative estimate of drug-likeness (QED) is 0.755. The molecule has 3 aromatic rings. The second-order valence-corrected chi connectivity index (χ2v) is 7.34. The van der Waals surface area contributed by atoms with Crippen LogP contribution in [0.25, 0.3) is 11.5 Å². The first-order valence-electron chi connectivity index (χ1n) is 7.50. The van der Waals surface area contributed by atoms with Crippen LogP contribution in [0, 0.1) is 19.7 Å². The number of aryl methyl sites for hydroxylation is 2. The van der Waals surface area contributed by atoms with Gasteiger partial charge in [0.25, 0.3) is 0 Å². The normalized spacial score (nSPS) is 11.6. The average Bonchev–Trinajstić information content (AvgIpc) is 3.05. The molecule has 0 aliphatic carbocycles. The van der Waals surface area contributed by atoms with Crippen LogP contribution in [0.3, 0.4) is 0 Å². The fourth-order valence-electron chi connectivity index (χ4n) is 2.27. The molecular formula is C17H16FN3O3S. The summed E-state index contributed by atoms with van der Waals surface area (Å²) in [5, 5.41) is 7.66. The maximum atomic E-state index is 12.9. The van der Waals surface area contributed by atoms with Gasteiger partial charge in [-0.2, -0.15) is 0 Å². The molecular weight excluding hydrogens is 345 g/mol. The standard InChI is InChI=1S/C17H16FN3O3S/c1-11-3-4-12(2)15(9-11)25(22,23)19-10-16-20-21-17(24-16)13-5-7-14(18)8-6-13/h3-9,19H,10H2,1-2H3. The van der Waals surface area contributed by atoms with Gasteiger partial charge in [-0.3, -0.25) is 0 Å². The number of hydrogen-bond donors (Lipinski definition) is 1. The Labute approximate surface area is 144 Å². The highest BCUT2D eigenvalue weighted by atomic mass is 32.2. The van der Waals surface area contributed by atoms with E-state index in [2.05, 4.69) is 14.9 Å². The van der Waals surface area contributed by atoms with Crippen molar-refractivity contribution in [3.8, 4) is 11.5 Å². The minimum Gasteiger partial charge on any atom is -0.419 e. The highest BCUT2D eigenvalue weighted by molar-refractivity contribution is 7.89. The number of benzene rings is 2. The zero-order valence-corrected chi connectivity index (χ0v) is 14.5. The van der Waals surface area contributed by atoms with Gasteiger partial charge in [0, 0.05) is 5.56 Å². The van der Waals surface area contributed by atoms with Crippen molar-refractivity contribution in [2.45, 2.75) is 25.3 Å². The highest BCUT2D eigenvalue weighted by Crippen LogP contribution is 2.19. The van der Waals surface area contributed by atoms with Gasteiger partial charge in [0.15, 0.2) is 0 Å². The Kier molecular flexibility index (Phi) is 4.65. The SMILES string of the molecule is Cc1ccc(C)c(S(=O)(=O)NCc2nnc(-c3ccc(F)cc3)o2)c1. The fraction of sp³-hybridized carbons (Fsp3) is 0.176. The summed E-state index contributed by atoms with van der Waals surface area (Å²) in [4.78, 5) is 0.214. The Morgan fingerprint density at radius 2 is 1.80 bits per heavy atom. The predicted molar refractivity (Wildman–Crippen MR) is 89.6 cm³/mol. The lowest BCUT2D eigenvalue weighted by molar-refractivity contribution is 0.494. The summed E-state index contributed by atoms with van der Waals surface area (Å²) >= 11 is 0. The van der Waals surface area contributed by atoms with E-state index < -0.39 is 10.0 Å². The van der Waals surface area contributed by atoms with E-state index in [4.69, 9.17) is 4.42 Å². The molecule has 1 heterocycles. The van der Waals surface area contributed by atoms with Crippen LogP contribution in [0.5, 0.6) is 0 Å². The van der Waals surface area contributed by atoms with E-state index in [-0.39, 0.29) is 29.0 Å². The Balaban J connectivity index is 1.75. The van der Waals surface area contributed by atoms with Crippen LogP contribution >= 0.6 is 0 Å². The number of rotatable bonds is 5. The third-order valence-electron chi connectivity index (χ3n) is 3.60. The Bertz CT molecular complexity index is 998. The zero-order chi connectivity index (χ0) is 18.0. The summed E-state index contributed by atoms with van der Waals surface area (Å²) in [6, 6.07) is 10.8. The number of aromatic nitrogens is 2. The van der Waals surface area contributed by atoms with E-state index >= 15 is 0 Å². The largest absolute Gasteiger partial charge is 0.419 e. The Morgan fingerprint density at radius 1 is 1.08 bits per heavy atom. The molecule has 6 nitrogen and oxygen atoms in total. The van der Waals surface area contributed by atoms with E-state index in [1.54, 1.807) is 19.1 Å². The van der Waals surface area contributed by atoms with Crippen molar-refractivity contribution in [1.29, 1.82) is 0 Å². The second-order valence-electron chi connectivity index (χ2n) is 5.60. The number of halogens is 1. The minimum absolute atomic E-state index is 0.119. The van der Waals surface area contributed by atoms with Crippen molar-refractivity contribution in [3.05, 3.63) is 65.3 Å².